The zero-order chi connectivity index (χ0) is 53.0. The van der Waals surface area contributed by atoms with Crippen molar-refractivity contribution in [3.63, 3.8) is 0 Å². The minimum Gasteiger partial charge on any atom is -0.494 e. The summed E-state index contributed by atoms with van der Waals surface area (Å²) < 4.78 is 60.7. The fourth-order valence-electron chi connectivity index (χ4n) is 8.23. The molecule has 2 heterocycles. The number of pyridine rings is 1. The van der Waals surface area contributed by atoms with E-state index < -0.39 is 35.7 Å². The van der Waals surface area contributed by atoms with Gasteiger partial charge in [0.05, 0.1) is 29.7 Å². The van der Waals surface area contributed by atoms with E-state index in [4.69, 9.17) is 14.2 Å². The second-order valence-electron chi connectivity index (χ2n) is 17.2. The molecule has 0 saturated carbocycles. The van der Waals surface area contributed by atoms with Gasteiger partial charge in [0.25, 0.3) is 11.8 Å². The van der Waals surface area contributed by atoms with Gasteiger partial charge in [-0.3, -0.25) is 14.3 Å². The van der Waals surface area contributed by atoms with E-state index in [1.165, 1.54) is 36.4 Å². The number of aromatic carboxylic acids is 1. The van der Waals surface area contributed by atoms with Gasteiger partial charge in [-0.1, -0.05) is 71.9 Å². The van der Waals surface area contributed by atoms with Gasteiger partial charge >= 0.3 is 18.2 Å². The van der Waals surface area contributed by atoms with Crippen LogP contribution in [-0.2, 0) is 24.0 Å². The van der Waals surface area contributed by atoms with Crippen LogP contribution < -0.4 is 25.4 Å². The lowest BCUT2D eigenvalue weighted by Crippen LogP contribution is -2.34. The lowest BCUT2D eigenvalue weighted by molar-refractivity contribution is -0.141. The first kappa shape index (κ1) is 51.2. The zero-order valence-corrected chi connectivity index (χ0v) is 40.2. The van der Waals surface area contributed by atoms with Crippen molar-refractivity contribution in [2.24, 2.45) is 10.2 Å². The molecule has 384 valence electrons. The summed E-state index contributed by atoms with van der Waals surface area (Å²) in [7, 11) is 0. The fourth-order valence-corrected chi connectivity index (χ4v) is 8.23. The maximum absolute atomic E-state index is 14.0. The number of rotatable bonds is 20. The number of fused-ring (bicyclic) bond motifs is 3. The van der Waals surface area contributed by atoms with E-state index >= 15 is 0 Å². The number of halogens is 3. The summed E-state index contributed by atoms with van der Waals surface area (Å²) in [5.74, 6) is -1.87. The van der Waals surface area contributed by atoms with Crippen molar-refractivity contribution >= 4 is 35.3 Å². The van der Waals surface area contributed by atoms with Crippen molar-refractivity contribution in [3.8, 4) is 39.8 Å². The molecule has 76 heavy (non-hydrogen) atoms. The van der Waals surface area contributed by atoms with Crippen molar-refractivity contribution in [2.75, 3.05) is 26.3 Å². The third-order valence-corrected chi connectivity index (χ3v) is 11.9. The van der Waals surface area contributed by atoms with Crippen molar-refractivity contribution in [1.82, 2.24) is 35.9 Å². The molecule has 1 aliphatic carbocycles. The summed E-state index contributed by atoms with van der Waals surface area (Å²) in [6.07, 6.45) is -3.25. The molecule has 6 aromatic carbocycles. The molecular weight excluding hydrogens is 984 g/mol. The Morgan fingerprint density at radius 3 is 2.00 bits per heavy atom. The van der Waals surface area contributed by atoms with Gasteiger partial charge in [-0.05, 0) is 113 Å². The molecule has 2 aromatic heterocycles. The molecule has 20 heteroatoms. The van der Waals surface area contributed by atoms with E-state index in [9.17, 15) is 37.5 Å². The van der Waals surface area contributed by atoms with Gasteiger partial charge < -0.3 is 35.3 Å². The number of carboxylic acid groups (broad SMARTS) is 1. The van der Waals surface area contributed by atoms with Crippen LogP contribution in [0.4, 0.5) is 29.3 Å². The molecule has 0 radical (unpaired) electrons. The highest BCUT2D eigenvalue weighted by molar-refractivity contribution is 5.95. The lowest BCUT2D eigenvalue weighted by Gasteiger charge is -2.15. The van der Waals surface area contributed by atoms with Crippen LogP contribution in [0.1, 0.15) is 65.8 Å². The number of alkyl carbamates (subject to hydrolysis) is 1. The van der Waals surface area contributed by atoms with Gasteiger partial charge in [0.2, 0.25) is 5.88 Å². The molecule has 0 atom stereocenters. The number of aromatic nitrogens is 4. The van der Waals surface area contributed by atoms with Crippen molar-refractivity contribution < 1.29 is 51.7 Å². The third kappa shape index (κ3) is 13.1. The second kappa shape index (κ2) is 23.4. The predicted octanol–water partition coefficient (Wildman–Crippen LogP) is 10.9. The molecule has 9 rings (SSSR count). The minimum absolute atomic E-state index is 0.0242. The number of amides is 3. The zero-order valence-electron chi connectivity index (χ0n) is 40.2. The van der Waals surface area contributed by atoms with Crippen LogP contribution >= 0.6 is 0 Å². The van der Waals surface area contributed by atoms with Crippen molar-refractivity contribution in [3.05, 3.63) is 203 Å². The second-order valence-corrected chi connectivity index (χ2v) is 17.2. The number of ether oxygens (including phenoxy) is 3. The number of nitrogens with one attached hydrogen (secondary N) is 3. The van der Waals surface area contributed by atoms with Gasteiger partial charge in [-0.15, -0.1) is 5.10 Å². The van der Waals surface area contributed by atoms with Crippen molar-refractivity contribution in [1.29, 1.82) is 0 Å². The number of aryl methyl sites for hydroxylation is 1. The molecule has 0 saturated heterocycles. The Hall–Kier alpha value is -9.72. The Kier molecular flexibility index (Phi) is 15.8. The van der Waals surface area contributed by atoms with Crippen LogP contribution in [0.15, 0.2) is 174 Å². The Morgan fingerprint density at radius 2 is 1.32 bits per heavy atom. The maximum Gasteiger partial charge on any atom is 0.433 e. The summed E-state index contributed by atoms with van der Waals surface area (Å²) in [6.45, 7) is 0.804. The van der Waals surface area contributed by atoms with Crippen LogP contribution in [0.25, 0.3) is 22.4 Å². The molecule has 3 amide bonds. The molecule has 0 aliphatic heterocycles. The third-order valence-electron chi connectivity index (χ3n) is 11.9. The predicted molar refractivity (Wildman–Crippen MR) is 272 cm³/mol. The van der Waals surface area contributed by atoms with Gasteiger partial charge in [0.1, 0.15) is 29.5 Å². The molecule has 0 unspecified atom stereocenters. The Labute approximate surface area is 432 Å². The minimum atomic E-state index is -4.83. The number of benzene rings is 6. The highest BCUT2D eigenvalue weighted by Gasteiger charge is 2.34. The summed E-state index contributed by atoms with van der Waals surface area (Å²) in [6, 6.07) is 43.5. The van der Waals surface area contributed by atoms with Gasteiger partial charge in [0, 0.05) is 61.3 Å². The number of hydrogen-bond donors (Lipinski definition) is 4. The average molecular weight is 1030 g/mol. The normalized spacial score (nSPS) is 11.9. The first-order chi connectivity index (χ1) is 36.8. The number of carboxylic acids is 1. The van der Waals surface area contributed by atoms with Crippen LogP contribution in [0.5, 0.6) is 17.4 Å². The molecular formula is C56H46F3N9O8. The van der Waals surface area contributed by atoms with Crippen molar-refractivity contribution in [2.45, 2.75) is 31.6 Å². The van der Waals surface area contributed by atoms with Crippen LogP contribution in [-0.4, -0.2) is 75.3 Å². The number of carbonyl (C=O) groups is 4. The first-order valence-electron chi connectivity index (χ1n) is 23.8. The van der Waals surface area contributed by atoms with Gasteiger partial charge in [0.15, 0.2) is 0 Å². The molecule has 1 aliphatic rings. The summed E-state index contributed by atoms with van der Waals surface area (Å²) in [4.78, 5) is 53.6. The van der Waals surface area contributed by atoms with E-state index in [1.54, 1.807) is 77.6 Å². The van der Waals surface area contributed by atoms with E-state index in [0.29, 0.717) is 53.5 Å². The molecule has 0 fully saturated rings. The molecule has 4 N–H and O–H groups in total. The largest absolute Gasteiger partial charge is 0.494 e. The summed E-state index contributed by atoms with van der Waals surface area (Å²) in [5, 5.41) is 34.0. The summed E-state index contributed by atoms with van der Waals surface area (Å²) >= 11 is 0. The quantitative estimate of drug-likeness (QED) is 0.0415. The first-order valence-corrected chi connectivity index (χ1v) is 23.8. The maximum atomic E-state index is 14.0. The summed E-state index contributed by atoms with van der Waals surface area (Å²) in [5.41, 5.74) is 5.93. The van der Waals surface area contributed by atoms with Gasteiger partial charge in [-0.25, -0.2) is 14.6 Å². The van der Waals surface area contributed by atoms with E-state index in [2.05, 4.69) is 41.5 Å². The highest BCUT2D eigenvalue weighted by Crippen LogP contribution is 2.44. The van der Waals surface area contributed by atoms with Crippen LogP contribution in [0.2, 0.25) is 0 Å². The Morgan fingerprint density at radius 1 is 0.671 bits per heavy atom. The highest BCUT2D eigenvalue weighted by atomic mass is 19.4. The number of carbonyl (C=O) groups excluding carboxylic acids is 3. The van der Waals surface area contributed by atoms with E-state index in [1.807, 2.05) is 48.5 Å². The Bertz CT molecular complexity index is 3380. The molecule has 17 nitrogen and oxygen atoms in total. The van der Waals surface area contributed by atoms with Crippen LogP contribution in [0, 0.1) is 0 Å². The topological polar surface area (TPSA) is 221 Å². The smallest absolute Gasteiger partial charge is 0.433 e. The van der Waals surface area contributed by atoms with E-state index in [-0.39, 0.29) is 60.5 Å². The molecule has 8 aromatic rings. The fraction of sp³-hybridized carbons (Fsp3) is 0.161. The number of azo groups is 1. The van der Waals surface area contributed by atoms with Gasteiger partial charge in [-0.2, -0.15) is 23.4 Å². The monoisotopic (exact) mass is 1030 g/mol. The number of alkyl halides is 3. The van der Waals surface area contributed by atoms with E-state index in [0.717, 1.165) is 28.3 Å². The molecule has 0 spiro atoms. The van der Waals surface area contributed by atoms with Crippen LogP contribution in [0.3, 0.4) is 0 Å². The average Bonchev–Trinajstić information content (AvgIpc) is 4.04. The Balaban J connectivity index is 0.691. The molecule has 0 bridgehead atoms. The standard InChI is InChI=1S/C56H46F3N9O8/c57-56(58,59)50-28-35(32-62-55(73)75-34-48-46-14-3-1-12-44(46)45-13-2-4-15-47(45)48)29-51(63-50)76-43-11-6-9-38(31-43)53(70)61-25-24-60-52(69)36-16-18-40(19-17-36)64-65-41-20-22-42(23-21-41)74-27-7-26-68-33-49(66-67-68)37-8-5-10-39(30-37)54(71)72/h1-6,8-23,28-31,33,48H,7,24-27,32,34H2,(H,60,69)(H,61,70)(H,62,73)(H,71,72). The number of nitrogens with zero attached hydrogens (tertiary/aromatic N) is 6. The lowest BCUT2D eigenvalue weighted by atomic mass is 9.98. The SMILES string of the molecule is O=C(NCc1cc(Oc2cccc(C(=O)NCCNC(=O)c3ccc(N=Nc4ccc(OCCCn5cc(-c6cccc(C(=O)O)c6)nn5)cc4)cc3)c2)nc(C(F)(F)F)c1)OCC1c2ccccc2-c2ccccc21. The number of hydrogen-bond acceptors (Lipinski definition) is 12.